The molecule has 0 unspecified atom stereocenters. The molecule has 3 atom stereocenters. The molecule has 1 aliphatic heterocycles. The standard InChI is InChI=1S/C21H24Cl2N6O4/c22-11-7-12(23)16-13(8-11)26-18(29-16)21(33)28-15(5-9-1-2-9)20(32)27-14(17(24)30)6-10-3-4-25-19(10)31/h7-10,14-15H,1-6H2,(H2,24,30)(H,25,31)(H,26,29)(H,27,32)(H,28,33)/t10-,14-,15-/m0/s1. The number of nitrogens with one attached hydrogen (secondary N) is 4. The van der Waals surface area contributed by atoms with E-state index in [9.17, 15) is 19.2 Å². The van der Waals surface area contributed by atoms with Gasteiger partial charge in [0, 0.05) is 17.5 Å². The van der Waals surface area contributed by atoms with E-state index >= 15 is 0 Å². The third-order valence-electron chi connectivity index (χ3n) is 5.95. The maximum absolute atomic E-state index is 13.0. The number of hydrogen-bond acceptors (Lipinski definition) is 5. The largest absolute Gasteiger partial charge is 0.368 e. The second kappa shape index (κ2) is 9.56. The van der Waals surface area contributed by atoms with Gasteiger partial charge in [-0.05, 0) is 37.3 Å². The number of nitrogens with two attached hydrogens (primary N) is 1. The molecule has 2 aromatic rings. The third kappa shape index (κ3) is 5.56. The Kier molecular flexibility index (Phi) is 6.76. The Labute approximate surface area is 199 Å². The van der Waals surface area contributed by atoms with Crippen LogP contribution in [0.1, 0.15) is 42.7 Å². The average molecular weight is 495 g/mol. The summed E-state index contributed by atoms with van der Waals surface area (Å²) < 4.78 is 0. The smallest absolute Gasteiger partial charge is 0.287 e. The van der Waals surface area contributed by atoms with E-state index in [1.165, 1.54) is 6.07 Å². The summed E-state index contributed by atoms with van der Waals surface area (Å²) in [5.74, 6) is -2.13. The molecule has 33 heavy (non-hydrogen) atoms. The van der Waals surface area contributed by atoms with E-state index in [4.69, 9.17) is 28.9 Å². The van der Waals surface area contributed by atoms with Gasteiger partial charge in [0.05, 0.1) is 10.5 Å². The summed E-state index contributed by atoms with van der Waals surface area (Å²) in [5.41, 5.74) is 6.35. The number of hydrogen-bond donors (Lipinski definition) is 5. The van der Waals surface area contributed by atoms with Gasteiger partial charge >= 0.3 is 0 Å². The van der Waals surface area contributed by atoms with Crippen molar-refractivity contribution < 1.29 is 19.2 Å². The summed E-state index contributed by atoms with van der Waals surface area (Å²) >= 11 is 12.1. The van der Waals surface area contributed by atoms with Crippen molar-refractivity contribution in [1.29, 1.82) is 0 Å². The molecule has 1 aromatic carbocycles. The molecule has 1 aromatic heterocycles. The molecule has 1 aliphatic carbocycles. The second-order valence-electron chi connectivity index (χ2n) is 8.55. The van der Waals surface area contributed by atoms with Crippen LogP contribution < -0.4 is 21.7 Å². The fourth-order valence-corrected chi connectivity index (χ4v) is 4.50. The first-order valence-electron chi connectivity index (χ1n) is 10.7. The number of aromatic nitrogens is 2. The number of primary amides is 1. The lowest BCUT2D eigenvalue weighted by molar-refractivity contribution is -0.130. The lowest BCUT2D eigenvalue weighted by Crippen LogP contribution is -2.53. The van der Waals surface area contributed by atoms with Crippen molar-refractivity contribution >= 4 is 57.9 Å². The number of H-pyrrole nitrogens is 1. The van der Waals surface area contributed by atoms with Gasteiger partial charge in [0.15, 0.2) is 5.82 Å². The SMILES string of the molecule is NC(=O)[C@H](C[C@@H]1CCNC1=O)NC(=O)[C@H](CC1CC1)NC(=O)c1nc2c(Cl)cc(Cl)cc2[nH]1. The van der Waals surface area contributed by atoms with Gasteiger partial charge in [-0.2, -0.15) is 0 Å². The zero-order chi connectivity index (χ0) is 23.7. The summed E-state index contributed by atoms with van der Waals surface area (Å²) in [4.78, 5) is 56.8. The molecule has 2 heterocycles. The highest BCUT2D eigenvalue weighted by Gasteiger charge is 2.35. The maximum Gasteiger partial charge on any atom is 0.287 e. The number of halogens is 2. The van der Waals surface area contributed by atoms with Crippen LogP contribution in [0, 0.1) is 11.8 Å². The van der Waals surface area contributed by atoms with Crippen molar-refractivity contribution in [1.82, 2.24) is 25.9 Å². The first-order chi connectivity index (χ1) is 15.7. The molecule has 4 amide bonds. The maximum atomic E-state index is 13.0. The van der Waals surface area contributed by atoms with E-state index in [1.807, 2.05) is 0 Å². The zero-order valence-corrected chi connectivity index (χ0v) is 19.1. The molecule has 1 saturated heterocycles. The number of rotatable bonds is 9. The first-order valence-corrected chi connectivity index (χ1v) is 11.5. The van der Waals surface area contributed by atoms with Crippen molar-refractivity contribution in [2.24, 2.45) is 17.6 Å². The Morgan fingerprint density at radius 1 is 1.12 bits per heavy atom. The van der Waals surface area contributed by atoms with Crippen LogP contribution >= 0.6 is 23.2 Å². The molecule has 6 N–H and O–H groups in total. The second-order valence-corrected chi connectivity index (χ2v) is 9.39. The van der Waals surface area contributed by atoms with Crippen LogP contribution in [0.25, 0.3) is 11.0 Å². The normalized spacial score (nSPS) is 19.7. The van der Waals surface area contributed by atoms with E-state index < -0.39 is 35.7 Å². The minimum absolute atomic E-state index is 0.0168. The Bertz CT molecular complexity index is 1120. The monoisotopic (exact) mass is 494 g/mol. The van der Waals surface area contributed by atoms with E-state index in [2.05, 4.69) is 25.9 Å². The Hall–Kier alpha value is -2.85. The van der Waals surface area contributed by atoms with Crippen LogP contribution in [0.15, 0.2) is 12.1 Å². The molecule has 12 heteroatoms. The van der Waals surface area contributed by atoms with Crippen molar-refractivity contribution in [3.05, 3.63) is 28.0 Å². The average Bonchev–Trinajstić information content (AvgIpc) is 3.31. The van der Waals surface area contributed by atoms with Crippen LogP contribution in [-0.4, -0.2) is 52.2 Å². The highest BCUT2D eigenvalue weighted by molar-refractivity contribution is 6.38. The molecule has 0 radical (unpaired) electrons. The Balaban J connectivity index is 1.47. The minimum atomic E-state index is -1.02. The number of carbonyl (C=O) groups is 4. The van der Waals surface area contributed by atoms with Crippen LogP contribution in [0.3, 0.4) is 0 Å². The molecule has 0 bridgehead atoms. The van der Waals surface area contributed by atoms with Crippen molar-refractivity contribution in [3.8, 4) is 0 Å². The van der Waals surface area contributed by atoms with Gasteiger partial charge in [-0.3, -0.25) is 19.2 Å². The number of nitrogens with zero attached hydrogens (tertiary/aromatic N) is 1. The first kappa shape index (κ1) is 23.3. The van der Waals surface area contributed by atoms with Gasteiger partial charge in [0.2, 0.25) is 17.7 Å². The topological polar surface area (TPSA) is 159 Å². The number of amides is 4. The van der Waals surface area contributed by atoms with Crippen molar-refractivity contribution in [2.45, 2.75) is 44.2 Å². The van der Waals surface area contributed by atoms with Gasteiger partial charge in [-0.15, -0.1) is 0 Å². The molecular formula is C21H24Cl2N6O4. The van der Waals surface area contributed by atoms with Gasteiger partial charge < -0.3 is 26.7 Å². The molecule has 10 nitrogen and oxygen atoms in total. The van der Waals surface area contributed by atoms with Gasteiger partial charge in [0.25, 0.3) is 5.91 Å². The predicted molar refractivity (Wildman–Crippen MR) is 122 cm³/mol. The molecular weight excluding hydrogens is 471 g/mol. The van der Waals surface area contributed by atoms with Gasteiger partial charge in [-0.25, -0.2) is 4.98 Å². The minimum Gasteiger partial charge on any atom is -0.368 e. The van der Waals surface area contributed by atoms with Crippen LogP contribution in [0.2, 0.25) is 10.0 Å². The third-order valence-corrected chi connectivity index (χ3v) is 6.46. The number of benzene rings is 1. The summed E-state index contributed by atoms with van der Waals surface area (Å²) in [5, 5.41) is 8.70. The Morgan fingerprint density at radius 2 is 1.88 bits per heavy atom. The summed E-state index contributed by atoms with van der Waals surface area (Å²) in [6, 6.07) is 1.21. The molecule has 1 saturated carbocycles. The van der Waals surface area contributed by atoms with Gasteiger partial charge in [0.1, 0.15) is 17.6 Å². The van der Waals surface area contributed by atoms with Crippen LogP contribution in [0.5, 0.6) is 0 Å². The van der Waals surface area contributed by atoms with E-state index in [-0.39, 0.29) is 18.2 Å². The summed E-state index contributed by atoms with van der Waals surface area (Å²) in [7, 11) is 0. The molecule has 176 valence electrons. The summed E-state index contributed by atoms with van der Waals surface area (Å²) in [6.07, 6.45) is 3.01. The van der Waals surface area contributed by atoms with Crippen molar-refractivity contribution in [3.63, 3.8) is 0 Å². The van der Waals surface area contributed by atoms with E-state index in [0.717, 1.165) is 12.8 Å². The van der Waals surface area contributed by atoms with E-state index in [1.54, 1.807) is 6.07 Å². The molecule has 2 aliphatic rings. The predicted octanol–water partition coefficient (Wildman–Crippen LogP) is 1.26. The number of carbonyl (C=O) groups excluding carboxylic acids is 4. The number of aromatic amines is 1. The lowest BCUT2D eigenvalue weighted by Gasteiger charge is -2.22. The van der Waals surface area contributed by atoms with Crippen LogP contribution in [-0.2, 0) is 14.4 Å². The zero-order valence-electron chi connectivity index (χ0n) is 17.6. The molecule has 2 fully saturated rings. The van der Waals surface area contributed by atoms with Gasteiger partial charge in [-0.1, -0.05) is 36.0 Å². The number of fused-ring (bicyclic) bond motifs is 1. The number of imidazole rings is 1. The quantitative estimate of drug-likeness (QED) is 0.354. The van der Waals surface area contributed by atoms with Crippen LogP contribution in [0.4, 0.5) is 0 Å². The van der Waals surface area contributed by atoms with E-state index in [0.29, 0.717) is 46.4 Å². The van der Waals surface area contributed by atoms with Crippen molar-refractivity contribution in [2.75, 3.05) is 6.54 Å². The highest BCUT2D eigenvalue weighted by Crippen LogP contribution is 2.34. The lowest BCUT2D eigenvalue weighted by atomic mass is 9.97. The highest BCUT2D eigenvalue weighted by atomic mass is 35.5. The fourth-order valence-electron chi connectivity index (χ4n) is 3.97. The fraction of sp³-hybridized carbons (Fsp3) is 0.476. The molecule has 4 rings (SSSR count). The Morgan fingerprint density at radius 3 is 2.52 bits per heavy atom. The molecule has 0 spiro atoms. The summed E-state index contributed by atoms with van der Waals surface area (Å²) in [6.45, 7) is 0.524.